The molecule has 2 aromatic rings. The Morgan fingerprint density at radius 1 is 0.860 bits per heavy atom. The highest BCUT2D eigenvalue weighted by Crippen LogP contribution is 2.36. The van der Waals surface area contributed by atoms with Crippen LogP contribution >= 0.6 is 11.6 Å². The Morgan fingerprint density at radius 3 is 2.19 bits per heavy atom. The van der Waals surface area contributed by atoms with E-state index in [4.69, 9.17) is 11.6 Å². The number of fused-ring (bicyclic) bond motifs is 1. The van der Waals surface area contributed by atoms with Crippen molar-refractivity contribution in [3.63, 3.8) is 0 Å². The van der Waals surface area contributed by atoms with Crippen LogP contribution in [0, 0.1) is 0 Å². The van der Waals surface area contributed by atoms with Crippen molar-refractivity contribution < 1.29 is 32.8 Å². The van der Waals surface area contributed by atoms with Crippen LogP contribution in [0.4, 0.5) is 14.5 Å². The van der Waals surface area contributed by atoms with E-state index in [2.05, 4.69) is 10.2 Å². The van der Waals surface area contributed by atoms with Crippen molar-refractivity contribution in [1.29, 1.82) is 0 Å². The van der Waals surface area contributed by atoms with Crippen LogP contribution in [-0.4, -0.2) is 95.6 Å². The monoisotopic (exact) mass is 613 g/mol. The second-order valence-corrected chi connectivity index (χ2v) is 11.7. The third-order valence-corrected chi connectivity index (χ3v) is 9.10. The van der Waals surface area contributed by atoms with E-state index in [1.807, 2.05) is 4.90 Å². The van der Waals surface area contributed by atoms with Gasteiger partial charge in [0, 0.05) is 62.3 Å². The van der Waals surface area contributed by atoms with Crippen LogP contribution in [0.1, 0.15) is 52.0 Å². The molecule has 0 radical (unpaired) electrons. The molecule has 0 bridgehead atoms. The van der Waals surface area contributed by atoms with Gasteiger partial charge in [0.1, 0.15) is 6.04 Å². The van der Waals surface area contributed by atoms with Gasteiger partial charge >= 0.3 is 5.92 Å². The van der Waals surface area contributed by atoms with Crippen LogP contribution in [0.2, 0.25) is 5.02 Å². The fraction of sp³-hybridized carbons (Fsp3) is 0.433. The minimum Gasteiger partial charge on any atom is -0.368 e. The number of carbonyl (C=O) groups is 5. The lowest BCUT2D eigenvalue weighted by Gasteiger charge is -2.44. The molecule has 0 aliphatic carbocycles. The first-order valence-corrected chi connectivity index (χ1v) is 14.7. The standard InChI is InChI=1S/C30H30ClF2N5O5/c31-19-6-4-18(5-7-19)30(32,33)29(43)37-12-10-20(11-13-37)35-14-16-36(17-15-35)22-3-1-2-21-25(22)28(42)38(27(21)41)23-8-9-24(39)34-26(23)40/h1-7,20,23H,8-17H2,(H,34,39,40). The molecule has 3 saturated heterocycles. The predicted octanol–water partition coefficient (Wildman–Crippen LogP) is 2.65. The maximum atomic E-state index is 14.9. The van der Waals surface area contributed by atoms with Gasteiger partial charge in [-0.05, 0) is 43.5 Å². The molecule has 0 spiro atoms. The number of nitrogens with one attached hydrogen (secondary N) is 1. The largest absolute Gasteiger partial charge is 0.368 e. The molecule has 1 N–H and O–H groups in total. The van der Waals surface area contributed by atoms with Gasteiger partial charge in [-0.2, -0.15) is 8.78 Å². The van der Waals surface area contributed by atoms with E-state index >= 15 is 0 Å². The normalized spacial score (nSPS) is 22.2. The lowest BCUT2D eigenvalue weighted by atomic mass is 10.00. The summed E-state index contributed by atoms with van der Waals surface area (Å²) in [6.45, 7) is 2.91. The van der Waals surface area contributed by atoms with Gasteiger partial charge in [0.2, 0.25) is 11.8 Å². The summed E-state index contributed by atoms with van der Waals surface area (Å²) in [6, 6.07) is 9.21. The van der Waals surface area contributed by atoms with Crippen molar-refractivity contribution in [3.8, 4) is 0 Å². The van der Waals surface area contributed by atoms with Crippen LogP contribution in [0.3, 0.4) is 0 Å². The molecule has 0 saturated carbocycles. The number of piperazine rings is 1. The van der Waals surface area contributed by atoms with Crippen LogP contribution in [0.15, 0.2) is 42.5 Å². The number of rotatable bonds is 5. The first kappa shape index (κ1) is 29.2. The molecule has 2 aromatic carbocycles. The molecule has 1 unspecified atom stereocenters. The predicted molar refractivity (Wildman–Crippen MR) is 152 cm³/mol. The third kappa shape index (κ3) is 5.27. The molecule has 10 nitrogen and oxygen atoms in total. The maximum absolute atomic E-state index is 14.9. The van der Waals surface area contributed by atoms with Gasteiger partial charge in [-0.25, -0.2) is 0 Å². The molecule has 3 fully saturated rings. The summed E-state index contributed by atoms with van der Waals surface area (Å²) in [5.41, 5.74) is 0.740. The summed E-state index contributed by atoms with van der Waals surface area (Å²) in [5.74, 6) is -7.00. The van der Waals surface area contributed by atoms with Crippen LogP contribution in [-0.2, 0) is 20.3 Å². The number of benzene rings is 2. The molecule has 6 rings (SSSR count). The molecule has 13 heteroatoms. The van der Waals surface area contributed by atoms with Gasteiger partial charge in [0.05, 0.1) is 16.8 Å². The van der Waals surface area contributed by atoms with Crippen LogP contribution in [0.25, 0.3) is 0 Å². The van der Waals surface area contributed by atoms with E-state index in [9.17, 15) is 32.8 Å². The molecular weight excluding hydrogens is 584 g/mol. The van der Waals surface area contributed by atoms with Crippen LogP contribution in [0.5, 0.6) is 0 Å². The lowest BCUT2D eigenvalue weighted by Crippen LogP contribution is -2.55. The Kier molecular flexibility index (Phi) is 7.67. The van der Waals surface area contributed by atoms with Crippen molar-refractivity contribution in [2.45, 2.75) is 43.7 Å². The number of nitrogens with zero attached hydrogens (tertiary/aromatic N) is 4. The van der Waals surface area contributed by atoms with Crippen molar-refractivity contribution in [1.82, 2.24) is 20.0 Å². The zero-order valence-electron chi connectivity index (χ0n) is 23.2. The van der Waals surface area contributed by atoms with E-state index < -0.39 is 41.5 Å². The van der Waals surface area contributed by atoms with E-state index in [0.29, 0.717) is 49.7 Å². The molecule has 1 atom stereocenters. The average Bonchev–Trinajstić information content (AvgIpc) is 3.26. The Hall–Kier alpha value is -3.90. The molecule has 5 amide bonds. The van der Waals surface area contributed by atoms with E-state index in [1.54, 1.807) is 18.2 Å². The SMILES string of the molecule is O=C1CCC(N2C(=O)c3cccc(N4CCN(C5CCN(C(=O)C(F)(F)c6ccc(Cl)cc6)CC5)CC4)c3C2=O)C(=O)N1. The Labute approximate surface area is 251 Å². The van der Waals surface area contributed by atoms with Gasteiger partial charge in [-0.15, -0.1) is 0 Å². The zero-order chi connectivity index (χ0) is 30.5. The Balaban J connectivity index is 1.07. The second kappa shape index (κ2) is 11.3. The Morgan fingerprint density at radius 2 is 1.53 bits per heavy atom. The number of imide groups is 2. The summed E-state index contributed by atoms with van der Waals surface area (Å²) in [7, 11) is 0. The Bertz CT molecular complexity index is 1490. The number of hydrogen-bond acceptors (Lipinski definition) is 7. The summed E-state index contributed by atoms with van der Waals surface area (Å²) >= 11 is 5.80. The first-order chi connectivity index (χ1) is 20.6. The van der Waals surface area contributed by atoms with E-state index in [-0.39, 0.29) is 48.7 Å². The number of hydrogen-bond donors (Lipinski definition) is 1. The van der Waals surface area contributed by atoms with Crippen molar-refractivity contribution in [2.75, 3.05) is 44.2 Å². The molecule has 226 valence electrons. The van der Waals surface area contributed by atoms with Gasteiger partial charge in [-0.1, -0.05) is 29.8 Å². The van der Waals surface area contributed by atoms with Crippen LogP contribution < -0.4 is 10.2 Å². The van der Waals surface area contributed by atoms with Gasteiger partial charge in [-0.3, -0.25) is 39.1 Å². The number of halogens is 3. The fourth-order valence-electron chi connectivity index (χ4n) is 6.50. The maximum Gasteiger partial charge on any atom is 0.349 e. The summed E-state index contributed by atoms with van der Waals surface area (Å²) in [6.07, 6.45) is 1.28. The number of piperidine rings is 2. The highest BCUT2D eigenvalue weighted by atomic mass is 35.5. The molecule has 4 aliphatic rings. The first-order valence-electron chi connectivity index (χ1n) is 14.3. The summed E-state index contributed by atoms with van der Waals surface area (Å²) in [5, 5.41) is 2.53. The van der Waals surface area contributed by atoms with Crippen molar-refractivity contribution in [3.05, 3.63) is 64.2 Å². The highest BCUT2D eigenvalue weighted by molar-refractivity contribution is 6.30. The molecule has 4 heterocycles. The van der Waals surface area contributed by atoms with Crippen molar-refractivity contribution >= 4 is 46.8 Å². The number of amides is 5. The molecule has 43 heavy (non-hydrogen) atoms. The minimum absolute atomic E-state index is 0.0521. The van der Waals surface area contributed by atoms with Gasteiger partial charge in [0.15, 0.2) is 0 Å². The zero-order valence-corrected chi connectivity index (χ0v) is 24.0. The quantitative estimate of drug-likeness (QED) is 0.517. The van der Waals surface area contributed by atoms with E-state index in [0.717, 1.165) is 4.90 Å². The van der Waals surface area contributed by atoms with Gasteiger partial charge < -0.3 is 9.80 Å². The van der Waals surface area contributed by atoms with E-state index in [1.165, 1.54) is 29.2 Å². The highest BCUT2D eigenvalue weighted by Gasteiger charge is 2.47. The number of likely N-dealkylation sites (tertiary alicyclic amines) is 1. The topological polar surface area (TPSA) is 110 Å². The van der Waals surface area contributed by atoms with Gasteiger partial charge in [0.25, 0.3) is 17.7 Å². The number of anilines is 1. The van der Waals surface area contributed by atoms with Crippen molar-refractivity contribution in [2.24, 2.45) is 0 Å². The minimum atomic E-state index is -3.63. The smallest absolute Gasteiger partial charge is 0.349 e. The number of alkyl halides is 2. The summed E-state index contributed by atoms with van der Waals surface area (Å²) in [4.78, 5) is 69.9. The molecule has 0 aromatic heterocycles. The summed E-state index contributed by atoms with van der Waals surface area (Å²) < 4.78 is 29.8. The third-order valence-electron chi connectivity index (χ3n) is 8.84. The number of carbonyl (C=O) groups excluding carboxylic acids is 5. The molecular formula is C30H30ClF2N5O5. The second-order valence-electron chi connectivity index (χ2n) is 11.3. The lowest BCUT2D eigenvalue weighted by molar-refractivity contribution is -0.160. The fourth-order valence-corrected chi connectivity index (χ4v) is 6.63. The average molecular weight is 614 g/mol. The molecule has 4 aliphatic heterocycles.